The van der Waals surface area contributed by atoms with Crippen LogP contribution in [-0.4, -0.2) is 54.0 Å². The highest BCUT2D eigenvalue weighted by Gasteiger charge is 2.59. The Bertz CT molecular complexity index is 768. The molecule has 2 amide bonds. The number of carboxylic acid groups (broad SMARTS) is 1. The van der Waals surface area contributed by atoms with Crippen LogP contribution in [0, 0.1) is 17.3 Å². The molecule has 3 rings (SSSR count). The monoisotopic (exact) mass is 388 g/mol. The zero-order chi connectivity index (χ0) is 20.5. The Morgan fingerprint density at radius 2 is 1.86 bits per heavy atom. The smallest absolute Gasteiger partial charge is 0.307 e. The number of carboxylic acids is 1. The number of benzene rings is 1. The van der Waals surface area contributed by atoms with E-state index >= 15 is 0 Å². The number of hydrogen-bond donors (Lipinski definition) is 2. The molecule has 1 aliphatic carbocycles. The van der Waals surface area contributed by atoms with Gasteiger partial charge in [0.15, 0.2) is 0 Å². The number of amides is 2. The minimum Gasteiger partial charge on any atom is -0.496 e. The van der Waals surface area contributed by atoms with Crippen molar-refractivity contribution in [2.24, 2.45) is 17.3 Å². The van der Waals surface area contributed by atoms with Crippen LogP contribution in [0.1, 0.15) is 43.5 Å². The number of methoxy groups -OCH3 is 1. The first kappa shape index (κ1) is 20.2. The number of rotatable bonds is 6. The van der Waals surface area contributed by atoms with E-state index in [4.69, 9.17) is 4.74 Å². The molecular weight excluding hydrogens is 360 g/mol. The Hall–Kier alpha value is -2.57. The van der Waals surface area contributed by atoms with Crippen LogP contribution in [0.3, 0.4) is 0 Å². The summed E-state index contributed by atoms with van der Waals surface area (Å²) in [6.45, 7) is 4.88. The van der Waals surface area contributed by atoms with E-state index in [1.807, 2.05) is 13.8 Å². The van der Waals surface area contributed by atoms with E-state index in [1.54, 1.807) is 29.2 Å². The van der Waals surface area contributed by atoms with Crippen molar-refractivity contribution in [2.45, 2.75) is 39.2 Å². The van der Waals surface area contributed by atoms with Crippen LogP contribution < -0.4 is 10.1 Å². The number of likely N-dealkylation sites (tertiary alicyclic amines) is 1. The van der Waals surface area contributed by atoms with E-state index in [0.717, 1.165) is 0 Å². The summed E-state index contributed by atoms with van der Waals surface area (Å²) in [5.74, 6) is -1.07. The van der Waals surface area contributed by atoms with Crippen LogP contribution in [0.4, 0.5) is 0 Å². The average molecular weight is 388 g/mol. The van der Waals surface area contributed by atoms with E-state index in [0.29, 0.717) is 43.7 Å². The maximum Gasteiger partial charge on any atom is 0.307 e. The fraction of sp³-hybridized carbons (Fsp3) is 0.571. The van der Waals surface area contributed by atoms with Gasteiger partial charge in [0.2, 0.25) is 5.91 Å². The van der Waals surface area contributed by atoms with Gasteiger partial charge >= 0.3 is 5.97 Å². The van der Waals surface area contributed by atoms with Crippen molar-refractivity contribution >= 4 is 17.8 Å². The van der Waals surface area contributed by atoms with E-state index in [1.165, 1.54) is 7.11 Å². The second-order valence-corrected chi connectivity index (χ2v) is 8.18. The molecule has 0 bridgehead atoms. The number of nitrogens with zero attached hydrogens (tertiary/aromatic N) is 1. The second-order valence-electron chi connectivity index (χ2n) is 8.18. The first-order valence-electron chi connectivity index (χ1n) is 9.74. The van der Waals surface area contributed by atoms with E-state index in [9.17, 15) is 19.5 Å². The predicted molar refractivity (Wildman–Crippen MR) is 103 cm³/mol. The highest BCUT2D eigenvalue weighted by molar-refractivity contribution is 5.99. The number of carbonyl (C=O) groups excluding carboxylic acids is 2. The third-order valence-corrected chi connectivity index (χ3v) is 6.13. The molecule has 2 N–H and O–H groups in total. The van der Waals surface area contributed by atoms with Crippen molar-refractivity contribution in [1.82, 2.24) is 10.2 Å². The molecule has 28 heavy (non-hydrogen) atoms. The van der Waals surface area contributed by atoms with Crippen molar-refractivity contribution in [2.75, 3.05) is 20.2 Å². The Kier molecular flexibility index (Phi) is 5.63. The fourth-order valence-electron chi connectivity index (χ4n) is 4.18. The molecule has 7 heteroatoms. The minimum absolute atomic E-state index is 0.0743. The highest BCUT2D eigenvalue weighted by Crippen LogP contribution is 2.59. The second kappa shape index (κ2) is 7.81. The summed E-state index contributed by atoms with van der Waals surface area (Å²) in [7, 11) is 1.50. The molecule has 1 spiro atoms. The van der Waals surface area contributed by atoms with E-state index < -0.39 is 12.0 Å². The largest absolute Gasteiger partial charge is 0.496 e. The Labute approximate surface area is 165 Å². The SMILES string of the molecule is COc1ccccc1C(=O)NC(C(=O)N1CCC2(CC1)CC2C(=O)O)C(C)C. The van der Waals surface area contributed by atoms with Gasteiger partial charge in [-0.25, -0.2) is 0 Å². The normalized spacial score (nSPS) is 21.3. The average Bonchev–Trinajstić information content (AvgIpc) is 3.39. The molecule has 7 nitrogen and oxygen atoms in total. The highest BCUT2D eigenvalue weighted by atomic mass is 16.5. The van der Waals surface area contributed by atoms with Gasteiger partial charge in [-0.2, -0.15) is 0 Å². The number of ether oxygens (including phenoxy) is 1. The van der Waals surface area contributed by atoms with Crippen LogP contribution in [-0.2, 0) is 9.59 Å². The van der Waals surface area contributed by atoms with Crippen molar-refractivity contribution in [3.8, 4) is 5.75 Å². The number of nitrogens with one attached hydrogen (secondary N) is 1. The van der Waals surface area contributed by atoms with E-state index in [-0.39, 0.29) is 29.1 Å². The van der Waals surface area contributed by atoms with Crippen LogP contribution >= 0.6 is 0 Å². The molecule has 1 saturated heterocycles. The Morgan fingerprint density at radius 3 is 2.39 bits per heavy atom. The number of carbonyl (C=O) groups is 3. The number of piperidine rings is 1. The van der Waals surface area contributed by atoms with Gasteiger partial charge in [0.05, 0.1) is 18.6 Å². The topological polar surface area (TPSA) is 95.9 Å². The van der Waals surface area contributed by atoms with Gasteiger partial charge in [-0.3, -0.25) is 14.4 Å². The maximum atomic E-state index is 13.1. The molecule has 152 valence electrons. The summed E-state index contributed by atoms with van der Waals surface area (Å²) in [5.41, 5.74) is 0.264. The predicted octanol–water partition coefficient (Wildman–Crippen LogP) is 2.16. The summed E-state index contributed by atoms with van der Waals surface area (Å²) in [6, 6.07) is 6.27. The molecule has 1 saturated carbocycles. The van der Waals surface area contributed by atoms with Crippen molar-refractivity contribution < 1.29 is 24.2 Å². The number of hydrogen-bond acceptors (Lipinski definition) is 4. The molecule has 1 aromatic carbocycles. The van der Waals surface area contributed by atoms with Crippen molar-refractivity contribution in [1.29, 1.82) is 0 Å². The molecule has 2 unspecified atom stereocenters. The molecule has 2 fully saturated rings. The summed E-state index contributed by atoms with van der Waals surface area (Å²) < 4.78 is 5.24. The lowest BCUT2D eigenvalue weighted by molar-refractivity contribution is -0.140. The Balaban J connectivity index is 1.65. The van der Waals surface area contributed by atoms with Gasteiger partial charge in [-0.1, -0.05) is 26.0 Å². The molecule has 1 aliphatic heterocycles. The summed E-state index contributed by atoms with van der Waals surface area (Å²) in [5, 5.41) is 12.1. The van der Waals surface area contributed by atoms with Gasteiger partial charge in [-0.05, 0) is 42.7 Å². The van der Waals surface area contributed by atoms with Crippen LogP contribution in [0.25, 0.3) is 0 Å². The number of para-hydroxylation sites is 1. The first-order valence-corrected chi connectivity index (χ1v) is 9.74. The number of aliphatic carboxylic acids is 1. The lowest BCUT2D eigenvalue weighted by Crippen LogP contribution is -2.53. The van der Waals surface area contributed by atoms with E-state index in [2.05, 4.69) is 5.32 Å². The zero-order valence-corrected chi connectivity index (χ0v) is 16.6. The molecule has 1 heterocycles. The van der Waals surface area contributed by atoms with Gasteiger partial charge in [0.1, 0.15) is 11.8 Å². The summed E-state index contributed by atoms with van der Waals surface area (Å²) >= 11 is 0. The molecular formula is C21H28N2O5. The molecule has 1 aromatic rings. The lowest BCUT2D eigenvalue weighted by atomic mass is 9.90. The summed E-state index contributed by atoms with van der Waals surface area (Å²) in [6.07, 6.45) is 2.13. The lowest BCUT2D eigenvalue weighted by Gasteiger charge is -2.36. The third kappa shape index (κ3) is 3.84. The molecule has 0 radical (unpaired) electrons. The van der Waals surface area contributed by atoms with Gasteiger partial charge in [-0.15, -0.1) is 0 Å². The Morgan fingerprint density at radius 1 is 1.21 bits per heavy atom. The zero-order valence-electron chi connectivity index (χ0n) is 16.6. The standard InChI is InChI=1S/C21H28N2O5/c1-13(2)17(22-18(24)14-6-4-5-7-16(14)28-3)19(25)23-10-8-21(9-11-23)12-15(21)20(26)27/h4-7,13,15,17H,8-12H2,1-3H3,(H,22,24)(H,26,27). The van der Waals surface area contributed by atoms with Crippen LogP contribution in [0.2, 0.25) is 0 Å². The van der Waals surface area contributed by atoms with Gasteiger partial charge in [0.25, 0.3) is 5.91 Å². The quantitative estimate of drug-likeness (QED) is 0.779. The first-order chi connectivity index (χ1) is 13.3. The summed E-state index contributed by atoms with van der Waals surface area (Å²) in [4.78, 5) is 38.8. The van der Waals surface area contributed by atoms with Gasteiger partial charge < -0.3 is 20.1 Å². The minimum atomic E-state index is -0.732. The van der Waals surface area contributed by atoms with Crippen molar-refractivity contribution in [3.63, 3.8) is 0 Å². The van der Waals surface area contributed by atoms with Crippen molar-refractivity contribution in [3.05, 3.63) is 29.8 Å². The fourth-order valence-corrected chi connectivity index (χ4v) is 4.18. The maximum absolute atomic E-state index is 13.1. The van der Waals surface area contributed by atoms with Crippen LogP contribution in [0.15, 0.2) is 24.3 Å². The van der Waals surface area contributed by atoms with Crippen LogP contribution in [0.5, 0.6) is 5.75 Å². The third-order valence-electron chi connectivity index (χ3n) is 6.13. The molecule has 0 aromatic heterocycles. The molecule has 2 aliphatic rings. The van der Waals surface area contributed by atoms with Gasteiger partial charge in [0, 0.05) is 13.1 Å². The molecule has 2 atom stereocenters.